The van der Waals surface area contributed by atoms with Gasteiger partial charge in [-0.25, -0.2) is 0 Å². The van der Waals surface area contributed by atoms with Gasteiger partial charge in [0, 0.05) is 23.7 Å². The predicted octanol–water partition coefficient (Wildman–Crippen LogP) is 2.04. The monoisotopic (exact) mass is 284 g/mol. The van der Waals surface area contributed by atoms with E-state index in [2.05, 4.69) is 10.6 Å². The lowest BCUT2D eigenvalue weighted by atomic mass is 10.1. The number of amides is 1. The molecule has 0 unspecified atom stereocenters. The van der Waals surface area contributed by atoms with Crippen molar-refractivity contribution in [2.24, 2.45) is 0 Å². The van der Waals surface area contributed by atoms with E-state index in [4.69, 9.17) is 0 Å². The molecule has 1 aromatic rings. The molecule has 0 radical (unpaired) electrons. The number of nitrogens with one attached hydrogen (secondary N) is 2. The van der Waals surface area contributed by atoms with Crippen LogP contribution in [0.15, 0.2) is 24.3 Å². The van der Waals surface area contributed by atoms with E-state index in [9.17, 15) is 9.59 Å². The maximum Gasteiger partial charge on any atom is 0.251 e. The van der Waals surface area contributed by atoms with Gasteiger partial charge in [-0.1, -0.05) is 19.1 Å². The van der Waals surface area contributed by atoms with Crippen molar-refractivity contribution in [1.29, 1.82) is 0 Å². The maximum atomic E-state index is 11.8. The molecule has 0 aromatic heterocycles. The Labute approximate surface area is 120 Å². The average Bonchev–Trinajstić information content (AvgIpc) is 2.36. The van der Waals surface area contributed by atoms with Crippen molar-refractivity contribution in [3.8, 4) is 0 Å². The summed E-state index contributed by atoms with van der Waals surface area (Å²) >= 11 is 0. The summed E-state index contributed by atoms with van der Waals surface area (Å²) < 4.78 is 0. The van der Waals surface area contributed by atoms with Gasteiger partial charge in [-0.2, -0.15) is 0 Å². The zero-order chi connectivity index (χ0) is 13.5. The Balaban J connectivity index is 0.00000324. The Kier molecular flexibility index (Phi) is 8.03. The van der Waals surface area contributed by atoms with Crippen LogP contribution in [-0.4, -0.2) is 30.8 Å². The van der Waals surface area contributed by atoms with E-state index < -0.39 is 0 Å². The lowest BCUT2D eigenvalue weighted by Crippen LogP contribution is -2.38. The van der Waals surface area contributed by atoms with Crippen LogP contribution in [0.5, 0.6) is 0 Å². The summed E-state index contributed by atoms with van der Waals surface area (Å²) in [6.07, 6.45) is 0. The largest absolute Gasteiger partial charge is 0.350 e. The first-order chi connectivity index (χ1) is 8.54. The van der Waals surface area contributed by atoms with Gasteiger partial charge in [0.1, 0.15) is 0 Å². The van der Waals surface area contributed by atoms with Gasteiger partial charge in [0.25, 0.3) is 5.91 Å². The highest BCUT2D eigenvalue weighted by atomic mass is 35.5. The molecule has 1 rings (SSSR count). The third-order valence-electron chi connectivity index (χ3n) is 2.68. The molecule has 1 amide bonds. The van der Waals surface area contributed by atoms with E-state index in [-0.39, 0.29) is 30.1 Å². The summed E-state index contributed by atoms with van der Waals surface area (Å²) in [5.41, 5.74) is 1.19. The Morgan fingerprint density at radius 3 is 2.16 bits per heavy atom. The first-order valence-electron chi connectivity index (χ1n) is 6.17. The maximum absolute atomic E-state index is 11.8. The molecule has 0 fully saturated rings. The van der Waals surface area contributed by atoms with Crippen molar-refractivity contribution >= 4 is 24.1 Å². The standard InChI is InChI=1S/C14H20N2O2.ClH/c1-4-15-10(2)9-16-14(18)13-7-5-12(6-8-13)11(3)17;/h5-8,10,15H,4,9H2,1-3H3,(H,16,18);1H/t10-;/m1./s1. The molecule has 5 heteroatoms. The van der Waals surface area contributed by atoms with Gasteiger partial charge < -0.3 is 10.6 Å². The lowest BCUT2D eigenvalue weighted by Gasteiger charge is -2.13. The number of halogens is 1. The molecule has 1 aromatic carbocycles. The van der Waals surface area contributed by atoms with Crippen LogP contribution in [0, 0.1) is 0 Å². The molecule has 0 spiro atoms. The Hall–Kier alpha value is -1.39. The number of likely N-dealkylation sites (N-methyl/N-ethyl adjacent to an activating group) is 1. The van der Waals surface area contributed by atoms with E-state index >= 15 is 0 Å². The number of hydrogen-bond donors (Lipinski definition) is 2. The first-order valence-corrected chi connectivity index (χ1v) is 6.17. The second-order valence-electron chi connectivity index (χ2n) is 4.30. The Bertz CT molecular complexity index is 418. The van der Waals surface area contributed by atoms with E-state index in [0.717, 1.165) is 6.54 Å². The zero-order valence-corrected chi connectivity index (χ0v) is 12.3. The number of carbonyl (C=O) groups excluding carboxylic acids is 2. The third-order valence-corrected chi connectivity index (χ3v) is 2.68. The van der Waals surface area contributed by atoms with Crippen molar-refractivity contribution in [3.63, 3.8) is 0 Å². The van der Waals surface area contributed by atoms with Crippen molar-refractivity contribution in [1.82, 2.24) is 10.6 Å². The summed E-state index contributed by atoms with van der Waals surface area (Å²) in [5.74, 6) is -0.113. The fraction of sp³-hybridized carbons (Fsp3) is 0.429. The van der Waals surface area contributed by atoms with Gasteiger partial charge in [-0.05, 0) is 32.5 Å². The van der Waals surface area contributed by atoms with Crippen LogP contribution in [-0.2, 0) is 0 Å². The highest BCUT2D eigenvalue weighted by molar-refractivity contribution is 5.97. The van der Waals surface area contributed by atoms with Crippen LogP contribution in [0.3, 0.4) is 0 Å². The molecule has 2 N–H and O–H groups in total. The van der Waals surface area contributed by atoms with E-state index in [1.165, 1.54) is 6.92 Å². The van der Waals surface area contributed by atoms with Gasteiger partial charge in [-0.15, -0.1) is 12.4 Å². The molecule has 0 aliphatic rings. The van der Waals surface area contributed by atoms with Crippen molar-refractivity contribution in [2.75, 3.05) is 13.1 Å². The number of benzene rings is 1. The van der Waals surface area contributed by atoms with E-state index in [0.29, 0.717) is 17.7 Å². The smallest absolute Gasteiger partial charge is 0.251 e. The molecule has 106 valence electrons. The molecule has 0 heterocycles. The van der Waals surface area contributed by atoms with Gasteiger partial charge >= 0.3 is 0 Å². The first kappa shape index (κ1) is 17.6. The van der Waals surface area contributed by atoms with E-state index in [1.807, 2.05) is 13.8 Å². The SMILES string of the molecule is CCN[C@H](C)CNC(=O)c1ccc(C(C)=O)cc1.Cl. The van der Waals surface area contributed by atoms with Crippen LogP contribution >= 0.6 is 12.4 Å². The third kappa shape index (κ3) is 5.85. The highest BCUT2D eigenvalue weighted by Crippen LogP contribution is 2.05. The summed E-state index contributed by atoms with van der Waals surface area (Å²) in [5, 5.41) is 6.06. The minimum Gasteiger partial charge on any atom is -0.350 e. The molecule has 0 bridgehead atoms. The Morgan fingerprint density at radius 2 is 1.68 bits per heavy atom. The van der Waals surface area contributed by atoms with Crippen LogP contribution in [0.25, 0.3) is 0 Å². The van der Waals surface area contributed by atoms with Gasteiger partial charge in [0.05, 0.1) is 0 Å². The minimum atomic E-state index is -0.116. The topological polar surface area (TPSA) is 58.2 Å². The average molecular weight is 285 g/mol. The summed E-state index contributed by atoms with van der Waals surface area (Å²) in [4.78, 5) is 22.9. The van der Waals surface area contributed by atoms with Gasteiger partial charge in [0.2, 0.25) is 0 Å². The number of rotatable bonds is 6. The van der Waals surface area contributed by atoms with Crippen LogP contribution in [0.2, 0.25) is 0 Å². The van der Waals surface area contributed by atoms with Crippen molar-refractivity contribution in [2.45, 2.75) is 26.8 Å². The Morgan fingerprint density at radius 1 is 1.16 bits per heavy atom. The fourth-order valence-corrected chi connectivity index (χ4v) is 1.62. The predicted molar refractivity (Wildman–Crippen MR) is 79.2 cm³/mol. The number of ketones is 1. The molecule has 0 aliphatic carbocycles. The molecular formula is C14H21ClN2O2. The second-order valence-corrected chi connectivity index (χ2v) is 4.30. The van der Waals surface area contributed by atoms with Crippen LogP contribution in [0.1, 0.15) is 41.5 Å². The normalized spacial score (nSPS) is 11.3. The quantitative estimate of drug-likeness (QED) is 0.786. The highest BCUT2D eigenvalue weighted by Gasteiger charge is 2.07. The molecule has 19 heavy (non-hydrogen) atoms. The fourth-order valence-electron chi connectivity index (χ4n) is 1.62. The molecule has 4 nitrogen and oxygen atoms in total. The van der Waals surface area contributed by atoms with Crippen molar-refractivity contribution in [3.05, 3.63) is 35.4 Å². The van der Waals surface area contributed by atoms with Crippen LogP contribution < -0.4 is 10.6 Å². The second kappa shape index (κ2) is 8.67. The summed E-state index contributed by atoms with van der Waals surface area (Å²) in [6.45, 7) is 7.01. The lowest BCUT2D eigenvalue weighted by molar-refractivity contribution is 0.0948. The zero-order valence-electron chi connectivity index (χ0n) is 11.5. The van der Waals surface area contributed by atoms with Crippen LogP contribution in [0.4, 0.5) is 0 Å². The van der Waals surface area contributed by atoms with E-state index in [1.54, 1.807) is 24.3 Å². The molecular weight excluding hydrogens is 264 g/mol. The molecule has 0 aliphatic heterocycles. The molecule has 0 saturated carbocycles. The minimum absolute atomic E-state index is 0. The number of carbonyl (C=O) groups is 2. The number of hydrogen-bond acceptors (Lipinski definition) is 3. The van der Waals surface area contributed by atoms with Gasteiger partial charge in [0.15, 0.2) is 5.78 Å². The molecule has 0 saturated heterocycles. The van der Waals surface area contributed by atoms with Crippen molar-refractivity contribution < 1.29 is 9.59 Å². The summed E-state index contributed by atoms with van der Waals surface area (Å²) in [6, 6.07) is 6.93. The number of Topliss-reactive ketones (excluding diaryl/α,β-unsaturated/α-hetero) is 1. The van der Waals surface area contributed by atoms with Gasteiger partial charge in [-0.3, -0.25) is 9.59 Å². The molecule has 1 atom stereocenters. The summed E-state index contributed by atoms with van der Waals surface area (Å²) in [7, 11) is 0.